The lowest BCUT2D eigenvalue weighted by atomic mass is 10.0. The molecular weight excluding hydrogens is 957 g/mol. The summed E-state index contributed by atoms with van der Waals surface area (Å²) in [5, 5.41) is 9.69. The largest absolute Gasteiger partial charge is 0.462 e. The standard InChI is InChI=1S/C73H134O5/c1-3-5-7-9-11-13-15-17-19-21-23-25-27-28-29-30-31-32-33-34-35-36-37-38-39-40-41-42-43-44-46-47-49-51-53-55-57-59-61-63-65-67-72(75)77-70-71(69-74)78-73(76)68-66-64-62-60-58-56-54-52-50-48-45-26-24-22-20-18-16-14-12-10-8-6-4-2/h6,8,12,14,18,20-21,23-24,26,71,74H,3-5,7,9-11,13,15-17,19,22,25,27-70H2,1-2H3/b8-6-,14-12-,20-18-,23-21-,26-24-. The summed E-state index contributed by atoms with van der Waals surface area (Å²) in [6.45, 7) is 4.07. The van der Waals surface area contributed by atoms with Crippen LogP contribution in [0.15, 0.2) is 60.8 Å². The molecule has 0 fully saturated rings. The van der Waals surface area contributed by atoms with Crippen LogP contribution in [-0.4, -0.2) is 36.4 Å². The third-order valence-electron chi connectivity index (χ3n) is 15.8. The normalized spacial score (nSPS) is 12.5. The van der Waals surface area contributed by atoms with Crippen molar-refractivity contribution in [3.05, 3.63) is 60.8 Å². The molecule has 0 saturated carbocycles. The monoisotopic (exact) mass is 1090 g/mol. The maximum atomic E-state index is 12.3. The average molecular weight is 1090 g/mol. The fourth-order valence-electron chi connectivity index (χ4n) is 10.6. The molecule has 0 aliphatic heterocycles. The number of unbranched alkanes of at least 4 members (excludes halogenated alkanes) is 47. The highest BCUT2D eigenvalue weighted by atomic mass is 16.6. The quantitative estimate of drug-likeness (QED) is 0.0373. The van der Waals surface area contributed by atoms with Gasteiger partial charge in [0.2, 0.25) is 0 Å². The van der Waals surface area contributed by atoms with E-state index in [2.05, 4.69) is 74.6 Å². The molecule has 0 spiro atoms. The van der Waals surface area contributed by atoms with E-state index in [1.807, 2.05) is 0 Å². The summed E-state index contributed by atoms with van der Waals surface area (Å²) in [6, 6.07) is 0. The van der Waals surface area contributed by atoms with Crippen molar-refractivity contribution in [2.45, 2.75) is 380 Å². The Hall–Kier alpha value is -2.40. The predicted octanol–water partition coefficient (Wildman–Crippen LogP) is 24.1. The zero-order chi connectivity index (χ0) is 56.2. The van der Waals surface area contributed by atoms with Crippen molar-refractivity contribution >= 4 is 11.9 Å². The molecule has 0 aliphatic rings. The van der Waals surface area contributed by atoms with Crippen molar-refractivity contribution in [3.8, 4) is 0 Å². The molecule has 0 aliphatic carbocycles. The van der Waals surface area contributed by atoms with Gasteiger partial charge >= 0.3 is 11.9 Å². The number of carbonyl (C=O) groups is 2. The molecule has 1 atom stereocenters. The first kappa shape index (κ1) is 75.6. The van der Waals surface area contributed by atoms with Crippen LogP contribution < -0.4 is 0 Å². The third kappa shape index (κ3) is 66.1. The van der Waals surface area contributed by atoms with Gasteiger partial charge in [0.05, 0.1) is 6.61 Å². The first-order valence-electron chi connectivity index (χ1n) is 34.8. The number of rotatable bonds is 65. The van der Waals surface area contributed by atoms with Crippen LogP contribution in [0.4, 0.5) is 0 Å². The van der Waals surface area contributed by atoms with Crippen LogP contribution in [0.3, 0.4) is 0 Å². The second-order valence-corrected chi connectivity index (χ2v) is 23.6. The number of allylic oxidation sites excluding steroid dienone is 10. The maximum Gasteiger partial charge on any atom is 0.306 e. The van der Waals surface area contributed by atoms with Crippen LogP contribution in [0, 0.1) is 0 Å². The minimum Gasteiger partial charge on any atom is -0.462 e. The van der Waals surface area contributed by atoms with E-state index in [4.69, 9.17) is 9.47 Å². The Morgan fingerprint density at radius 2 is 0.551 bits per heavy atom. The van der Waals surface area contributed by atoms with Crippen LogP contribution in [0.5, 0.6) is 0 Å². The van der Waals surface area contributed by atoms with Crippen LogP contribution >= 0.6 is 0 Å². The van der Waals surface area contributed by atoms with Gasteiger partial charge in [0.25, 0.3) is 0 Å². The topological polar surface area (TPSA) is 72.8 Å². The van der Waals surface area contributed by atoms with Gasteiger partial charge in [-0.25, -0.2) is 0 Å². The number of esters is 2. The second-order valence-electron chi connectivity index (χ2n) is 23.6. The van der Waals surface area contributed by atoms with Gasteiger partial charge in [-0.1, -0.05) is 344 Å². The van der Waals surface area contributed by atoms with Gasteiger partial charge in [-0.2, -0.15) is 0 Å². The highest BCUT2D eigenvalue weighted by molar-refractivity contribution is 5.70. The lowest BCUT2D eigenvalue weighted by Gasteiger charge is -2.15. The molecule has 0 radical (unpaired) electrons. The summed E-state index contributed by atoms with van der Waals surface area (Å²) >= 11 is 0. The molecule has 78 heavy (non-hydrogen) atoms. The van der Waals surface area contributed by atoms with Gasteiger partial charge < -0.3 is 14.6 Å². The zero-order valence-electron chi connectivity index (χ0n) is 52.4. The van der Waals surface area contributed by atoms with E-state index >= 15 is 0 Å². The molecule has 0 bridgehead atoms. The number of aliphatic hydroxyl groups excluding tert-OH is 1. The van der Waals surface area contributed by atoms with Gasteiger partial charge in [0.1, 0.15) is 6.61 Å². The van der Waals surface area contributed by atoms with E-state index in [0.29, 0.717) is 12.8 Å². The van der Waals surface area contributed by atoms with Crippen molar-refractivity contribution in [2.24, 2.45) is 0 Å². The van der Waals surface area contributed by atoms with E-state index in [1.165, 1.54) is 283 Å². The van der Waals surface area contributed by atoms with Crippen molar-refractivity contribution in [1.29, 1.82) is 0 Å². The summed E-state index contributed by atoms with van der Waals surface area (Å²) in [6.07, 6.45) is 94.1. The van der Waals surface area contributed by atoms with E-state index < -0.39 is 6.10 Å². The molecule has 456 valence electrons. The molecule has 1 N–H and O–H groups in total. The Kier molecular flexibility index (Phi) is 66.8. The number of carbonyl (C=O) groups excluding carboxylic acids is 2. The minimum atomic E-state index is -0.776. The lowest BCUT2D eigenvalue weighted by Crippen LogP contribution is -2.28. The Bertz CT molecular complexity index is 1330. The number of ether oxygens (including phenoxy) is 2. The Morgan fingerprint density at radius 3 is 0.846 bits per heavy atom. The van der Waals surface area contributed by atoms with Crippen molar-refractivity contribution in [1.82, 2.24) is 0 Å². The number of hydrogen-bond donors (Lipinski definition) is 1. The summed E-state index contributed by atoms with van der Waals surface area (Å²) in [7, 11) is 0. The molecule has 5 nitrogen and oxygen atoms in total. The van der Waals surface area contributed by atoms with E-state index in [0.717, 1.165) is 64.2 Å². The smallest absolute Gasteiger partial charge is 0.306 e. The highest BCUT2D eigenvalue weighted by Gasteiger charge is 2.16. The predicted molar refractivity (Wildman–Crippen MR) is 344 cm³/mol. The number of hydrogen-bond acceptors (Lipinski definition) is 5. The van der Waals surface area contributed by atoms with Gasteiger partial charge in [-0.3, -0.25) is 9.59 Å². The second kappa shape index (κ2) is 68.9. The maximum absolute atomic E-state index is 12.3. The first-order valence-corrected chi connectivity index (χ1v) is 34.8. The molecule has 0 rings (SSSR count). The summed E-state index contributed by atoms with van der Waals surface area (Å²) < 4.78 is 10.7. The Labute approximate surface area is 487 Å². The molecule has 0 saturated heterocycles. The SMILES string of the molecule is CC/C=C\C/C=C\C/C=C\C/C=C\CCCCCCCCCCCCC(=O)OC(CO)COC(=O)CCCCCCCCCCCCCCCCCCCCCCCCCCCCCCC/C=C\CCCCCCCCCC. The van der Waals surface area contributed by atoms with Gasteiger partial charge in [0, 0.05) is 12.8 Å². The zero-order valence-corrected chi connectivity index (χ0v) is 52.4. The fourth-order valence-corrected chi connectivity index (χ4v) is 10.6. The Balaban J connectivity index is 3.37. The molecule has 0 aromatic heterocycles. The summed E-state index contributed by atoms with van der Waals surface area (Å²) in [5.41, 5.74) is 0. The number of aliphatic hydroxyl groups is 1. The molecular formula is C73H134O5. The first-order chi connectivity index (χ1) is 38.6. The van der Waals surface area contributed by atoms with Crippen molar-refractivity contribution < 1.29 is 24.2 Å². The van der Waals surface area contributed by atoms with Gasteiger partial charge in [-0.05, 0) is 77.0 Å². The minimum absolute atomic E-state index is 0.0650. The van der Waals surface area contributed by atoms with Crippen LogP contribution in [0.25, 0.3) is 0 Å². The molecule has 0 heterocycles. The van der Waals surface area contributed by atoms with E-state index in [9.17, 15) is 14.7 Å². The van der Waals surface area contributed by atoms with E-state index in [-0.39, 0.29) is 25.2 Å². The Morgan fingerprint density at radius 1 is 0.308 bits per heavy atom. The van der Waals surface area contributed by atoms with E-state index in [1.54, 1.807) is 0 Å². The molecule has 0 aromatic rings. The molecule has 5 heteroatoms. The highest BCUT2D eigenvalue weighted by Crippen LogP contribution is 2.19. The lowest BCUT2D eigenvalue weighted by molar-refractivity contribution is -0.161. The van der Waals surface area contributed by atoms with Gasteiger partial charge in [0.15, 0.2) is 6.10 Å². The summed E-state index contributed by atoms with van der Waals surface area (Å²) in [4.78, 5) is 24.6. The molecule has 1 unspecified atom stereocenters. The average Bonchev–Trinajstić information content (AvgIpc) is 3.44. The van der Waals surface area contributed by atoms with Gasteiger partial charge in [-0.15, -0.1) is 0 Å². The molecule has 0 amide bonds. The third-order valence-corrected chi connectivity index (χ3v) is 15.8. The van der Waals surface area contributed by atoms with Crippen molar-refractivity contribution in [3.63, 3.8) is 0 Å². The van der Waals surface area contributed by atoms with Crippen molar-refractivity contribution in [2.75, 3.05) is 13.2 Å². The summed E-state index contributed by atoms with van der Waals surface area (Å²) in [5.74, 6) is -0.580. The van der Waals surface area contributed by atoms with Crippen LogP contribution in [0.1, 0.15) is 373 Å². The molecule has 0 aromatic carbocycles. The van der Waals surface area contributed by atoms with Crippen LogP contribution in [-0.2, 0) is 19.1 Å². The van der Waals surface area contributed by atoms with Crippen LogP contribution in [0.2, 0.25) is 0 Å². The fraction of sp³-hybridized carbons (Fsp3) is 0.836.